The first kappa shape index (κ1) is 19.6. The Bertz CT molecular complexity index is 854. The number of carbonyl (C=O) groups excluding carboxylic acids is 3. The average molecular weight is 380 g/mol. The molecule has 0 unspecified atom stereocenters. The van der Waals surface area contributed by atoms with E-state index in [4.69, 9.17) is 0 Å². The number of hydrogen-bond donors (Lipinski definition) is 3. The summed E-state index contributed by atoms with van der Waals surface area (Å²) >= 11 is 0. The zero-order valence-corrected chi connectivity index (χ0v) is 15.8. The summed E-state index contributed by atoms with van der Waals surface area (Å²) in [5, 5.41) is 8.48. The minimum Gasteiger partial charge on any atom is -0.354 e. The van der Waals surface area contributed by atoms with Crippen LogP contribution in [0.3, 0.4) is 0 Å². The monoisotopic (exact) mass is 380 g/mol. The van der Waals surface area contributed by atoms with E-state index >= 15 is 0 Å². The van der Waals surface area contributed by atoms with E-state index in [1.54, 1.807) is 29.2 Å². The molecule has 3 amide bonds. The molecule has 0 saturated carbocycles. The quantitative estimate of drug-likeness (QED) is 0.709. The van der Waals surface area contributed by atoms with Crippen LogP contribution < -0.4 is 16.0 Å². The van der Waals surface area contributed by atoms with Crippen molar-refractivity contribution in [3.8, 4) is 0 Å². The fourth-order valence-electron chi connectivity index (χ4n) is 3.11. The molecular weight excluding hydrogens is 356 g/mol. The van der Waals surface area contributed by atoms with Gasteiger partial charge in [-0.25, -0.2) is 0 Å². The summed E-state index contributed by atoms with van der Waals surface area (Å²) in [7, 11) is 0. The lowest BCUT2D eigenvalue weighted by Gasteiger charge is -2.25. The van der Waals surface area contributed by atoms with E-state index in [1.165, 1.54) is 0 Å². The van der Waals surface area contributed by atoms with Crippen molar-refractivity contribution in [1.29, 1.82) is 0 Å². The van der Waals surface area contributed by atoms with Crippen LogP contribution in [0.5, 0.6) is 0 Å². The molecule has 0 aliphatic carbocycles. The molecule has 7 heteroatoms. The highest BCUT2D eigenvalue weighted by atomic mass is 16.2. The van der Waals surface area contributed by atoms with Gasteiger partial charge in [-0.2, -0.15) is 0 Å². The van der Waals surface area contributed by atoms with Crippen molar-refractivity contribution in [3.05, 3.63) is 65.7 Å². The average Bonchev–Trinajstić information content (AvgIpc) is 2.69. The number of para-hydroxylation sites is 1. The van der Waals surface area contributed by atoms with E-state index < -0.39 is 0 Å². The van der Waals surface area contributed by atoms with E-state index in [-0.39, 0.29) is 36.9 Å². The Balaban J connectivity index is 1.64. The first-order chi connectivity index (χ1) is 13.5. The van der Waals surface area contributed by atoms with Crippen LogP contribution in [0.2, 0.25) is 0 Å². The molecule has 2 aromatic rings. The van der Waals surface area contributed by atoms with Crippen molar-refractivity contribution >= 4 is 23.4 Å². The zero-order valence-electron chi connectivity index (χ0n) is 15.8. The fraction of sp³-hybridized carbons (Fsp3) is 0.286. The molecule has 1 aliphatic heterocycles. The van der Waals surface area contributed by atoms with E-state index in [0.717, 1.165) is 5.56 Å². The van der Waals surface area contributed by atoms with E-state index in [1.807, 2.05) is 37.3 Å². The van der Waals surface area contributed by atoms with Crippen LogP contribution in [0, 0.1) is 0 Å². The predicted octanol–water partition coefficient (Wildman–Crippen LogP) is 1.55. The van der Waals surface area contributed by atoms with E-state index in [2.05, 4.69) is 16.0 Å². The summed E-state index contributed by atoms with van der Waals surface area (Å²) in [6.07, 6.45) is 0. The molecule has 1 aliphatic rings. The smallest absolute Gasteiger partial charge is 0.253 e. The molecule has 3 rings (SSSR count). The SMILES string of the molecule is C[C@H](NC(=O)c1ccccc1NC(=O)CN1CCNC(=O)C1)c1ccccc1. The van der Waals surface area contributed by atoms with Crippen LogP contribution in [0.25, 0.3) is 0 Å². The van der Waals surface area contributed by atoms with E-state index in [0.29, 0.717) is 24.3 Å². The van der Waals surface area contributed by atoms with E-state index in [9.17, 15) is 14.4 Å². The van der Waals surface area contributed by atoms with Crippen LogP contribution in [-0.4, -0.2) is 48.8 Å². The number of carbonyl (C=O) groups is 3. The van der Waals surface area contributed by atoms with Gasteiger partial charge in [0.05, 0.1) is 30.4 Å². The summed E-state index contributed by atoms with van der Waals surface area (Å²) in [5.74, 6) is -0.607. The maximum Gasteiger partial charge on any atom is 0.253 e. The lowest BCUT2D eigenvalue weighted by Crippen LogP contribution is -2.49. The summed E-state index contributed by atoms with van der Waals surface area (Å²) < 4.78 is 0. The minimum absolute atomic E-state index is 0.0891. The molecule has 146 valence electrons. The second-order valence-electron chi connectivity index (χ2n) is 6.76. The Kier molecular flexibility index (Phi) is 6.39. The van der Waals surface area contributed by atoms with Crippen molar-refractivity contribution in [3.63, 3.8) is 0 Å². The van der Waals surface area contributed by atoms with Gasteiger partial charge >= 0.3 is 0 Å². The van der Waals surface area contributed by atoms with Crippen molar-refractivity contribution < 1.29 is 14.4 Å². The maximum absolute atomic E-state index is 12.7. The summed E-state index contributed by atoms with van der Waals surface area (Å²) in [4.78, 5) is 38.3. The van der Waals surface area contributed by atoms with Crippen molar-refractivity contribution in [2.75, 3.05) is 31.5 Å². The lowest BCUT2D eigenvalue weighted by molar-refractivity contribution is -0.125. The number of nitrogens with zero attached hydrogens (tertiary/aromatic N) is 1. The van der Waals surface area contributed by atoms with Crippen LogP contribution in [0.4, 0.5) is 5.69 Å². The van der Waals surface area contributed by atoms with Gasteiger partial charge in [0, 0.05) is 13.1 Å². The molecule has 1 saturated heterocycles. The molecule has 0 bridgehead atoms. The molecule has 28 heavy (non-hydrogen) atoms. The topological polar surface area (TPSA) is 90.5 Å². The molecule has 1 heterocycles. The molecular formula is C21H24N4O3. The number of anilines is 1. The Hall–Kier alpha value is -3.19. The van der Waals surface area contributed by atoms with Crippen molar-refractivity contribution in [2.45, 2.75) is 13.0 Å². The summed E-state index contributed by atoms with van der Waals surface area (Å²) in [6, 6.07) is 16.4. The minimum atomic E-state index is -0.260. The number of amides is 3. The molecule has 0 spiro atoms. The highest BCUT2D eigenvalue weighted by Gasteiger charge is 2.20. The Labute approximate surface area is 164 Å². The van der Waals surface area contributed by atoms with Gasteiger partial charge in [0.1, 0.15) is 0 Å². The van der Waals surface area contributed by atoms with Gasteiger partial charge in [-0.3, -0.25) is 19.3 Å². The van der Waals surface area contributed by atoms with Gasteiger partial charge < -0.3 is 16.0 Å². The van der Waals surface area contributed by atoms with Gasteiger partial charge in [0.25, 0.3) is 5.91 Å². The van der Waals surface area contributed by atoms with Gasteiger partial charge in [-0.15, -0.1) is 0 Å². The third kappa shape index (κ3) is 5.17. The Morgan fingerprint density at radius 1 is 1.11 bits per heavy atom. The van der Waals surface area contributed by atoms with Gasteiger partial charge in [-0.05, 0) is 24.6 Å². The first-order valence-corrected chi connectivity index (χ1v) is 9.26. The second-order valence-corrected chi connectivity index (χ2v) is 6.76. The second kappa shape index (κ2) is 9.14. The number of nitrogens with one attached hydrogen (secondary N) is 3. The number of rotatable bonds is 6. The standard InChI is InChI=1S/C21H24N4O3/c1-15(16-7-3-2-4-8-16)23-21(28)17-9-5-6-10-18(17)24-20(27)14-25-12-11-22-19(26)13-25/h2-10,15H,11-14H2,1H3,(H,22,26)(H,23,28)(H,24,27)/t15-/m0/s1. The number of piperazine rings is 1. The third-order valence-electron chi connectivity index (χ3n) is 4.58. The van der Waals surface area contributed by atoms with Crippen molar-refractivity contribution in [1.82, 2.24) is 15.5 Å². The van der Waals surface area contributed by atoms with Gasteiger partial charge in [-0.1, -0.05) is 42.5 Å². The van der Waals surface area contributed by atoms with Gasteiger partial charge in [0.15, 0.2) is 0 Å². The predicted molar refractivity (Wildman–Crippen MR) is 107 cm³/mol. The summed E-state index contributed by atoms with van der Waals surface area (Å²) in [5.41, 5.74) is 1.85. The molecule has 7 nitrogen and oxygen atoms in total. The van der Waals surface area contributed by atoms with Gasteiger partial charge in [0.2, 0.25) is 11.8 Å². The summed E-state index contributed by atoms with van der Waals surface area (Å²) in [6.45, 7) is 3.36. The zero-order chi connectivity index (χ0) is 19.9. The number of benzene rings is 2. The fourth-order valence-corrected chi connectivity index (χ4v) is 3.11. The van der Waals surface area contributed by atoms with Crippen LogP contribution >= 0.6 is 0 Å². The molecule has 0 radical (unpaired) electrons. The molecule has 1 fully saturated rings. The molecule has 2 aromatic carbocycles. The third-order valence-corrected chi connectivity index (χ3v) is 4.58. The van der Waals surface area contributed by atoms with Crippen molar-refractivity contribution in [2.24, 2.45) is 0 Å². The molecule has 1 atom stereocenters. The molecule has 3 N–H and O–H groups in total. The van der Waals surface area contributed by atoms with Crippen LogP contribution in [0.1, 0.15) is 28.9 Å². The number of hydrogen-bond acceptors (Lipinski definition) is 4. The lowest BCUT2D eigenvalue weighted by atomic mass is 10.1. The Morgan fingerprint density at radius 2 is 1.82 bits per heavy atom. The van der Waals surface area contributed by atoms with Crippen LogP contribution in [0.15, 0.2) is 54.6 Å². The highest BCUT2D eigenvalue weighted by molar-refractivity contribution is 6.04. The maximum atomic E-state index is 12.7. The highest BCUT2D eigenvalue weighted by Crippen LogP contribution is 2.18. The molecule has 0 aromatic heterocycles. The first-order valence-electron chi connectivity index (χ1n) is 9.26. The normalized spacial score (nSPS) is 15.4. The largest absolute Gasteiger partial charge is 0.354 e. The Morgan fingerprint density at radius 3 is 2.57 bits per heavy atom. The van der Waals surface area contributed by atoms with Crippen LogP contribution in [-0.2, 0) is 9.59 Å².